The van der Waals surface area contributed by atoms with Crippen molar-refractivity contribution in [2.45, 2.75) is 45.2 Å². The zero-order valence-electron chi connectivity index (χ0n) is 19.3. The number of nitrogens with one attached hydrogen (secondary N) is 2. The van der Waals surface area contributed by atoms with Gasteiger partial charge in [-0.05, 0) is 59.9 Å². The van der Waals surface area contributed by atoms with Crippen molar-refractivity contribution in [3.05, 3.63) is 126 Å². The summed E-state index contributed by atoms with van der Waals surface area (Å²) < 4.78 is 0. The lowest BCUT2D eigenvalue weighted by atomic mass is 9.81. The molecule has 3 rings (SSSR count). The van der Waals surface area contributed by atoms with Crippen LogP contribution in [0.2, 0.25) is 0 Å². The molecule has 1 heterocycles. The molecule has 4 N–H and O–H groups in total. The number of nitrogens with two attached hydrogens (primary N) is 1. The molecular weight excluding hydrogens is 390 g/mol. The zero-order valence-corrected chi connectivity index (χ0v) is 19.3. The molecule has 32 heavy (non-hydrogen) atoms. The standard InChI is InChI=1S/C29H35N3/c1-5-7-8-11-21(3)27(19-30)29-18-26(25-12-9-10-13-28(25)32-29)22(4)31-20-24-16-14-23(6-2)15-17-24/h5,7-17,19,26,29,31-32H,3-4,6,18,20,30H2,1-2H3/b7-5-,11-8-,27-19+. The number of hydrogen-bond donors (Lipinski definition) is 3. The Labute approximate surface area is 193 Å². The van der Waals surface area contributed by atoms with E-state index >= 15 is 0 Å². The summed E-state index contributed by atoms with van der Waals surface area (Å²) in [4.78, 5) is 0. The highest BCUT2D eigenvalue weighted by molar-refractivity contribution is 5.61. The maximum atomic E-state index is 6.06. The first kappa shape index (κ1) is 23.2. The van der Waals surface area contributed by atoms with Gasteiger partial charge in [-0.3, -0.25) is 0 Å². The monoisotopic (exact) mass is 425 g/mol. The quantitative estimate of drug-likeness (QED) is 0.410. The van der Waals surface area contributed by atoms with E-state index in [0.29, 0.717) is 0 Å². The third-order valence-corrected chi connectivity index (χ3v) is 6.04. The number of rotatable bonds is 9. The van der Waals surface area contributed by atoms with Gasteiger partial charge in [0.15, 0.2) is 0 Å². The molecule has 3 heteroatoms. The molecule has 0 fully saturated rings. The number of para-hydroxylation sites is 1. The van der Waals surface area contributed by atoms with Crippen LogP contribution in [0.15, 0.2) is 109 Å². The molecule has 2 atom stereocenters. The largest absolute Gasteiger partial charge is 0.404 e. The van der Waals surface area contributed by atoms with Gasteiger partial charge in [0, 0.05) is 23.8 Å². The van der Waals surface area contributed by atoms with Gasteiger partial charge < -0.3 is 16.4 Å². The molecular formula is C29H35N3. The van der Waals surface area contributed by atoms with Gasteiger partial charge in [0.05, 0.1) is 6.04 Å². The van der Waals surface area contributed by atoms with Crippen LogP contribution in [0, 0.1) is 0 Å². The van der Waals surface area contributed by atoms with Crippen molar-refractivity contribution >= 4 is 5.69 Å². The number of fused-ring (bicyclic) bond motifs is 1. The summed E-state index contributed by atoms with van der Waals surface area (Å²) in [7, 11) is 0. The molecule has 1 aliphatic rings. The van der Waals surface area contributed by atoms with Crippen molar-refractivity contribution < 1.29 is 0 Å². The molecule has 0 amide bonds. The molecule has 0 saturated heterocycles. The van der Waals surface area contributed by atoms with Crippen molar-refractivity contribution in [2.75, 3.05) is 5.32 Å². The second kappa shape index (κ2) is 11.2. The molecule has 0 bridgehead atoms. The average Bonchev–Trinajstić information content (AvgIpc) is 2.83. The number of hydrogen-bond acceptors (Lipinski definition) is 3. The highest BCUT2D eigenvalue weighted by Crippen LogP contribution is 2.40. The van der Waals surface area contributed by atoms with Crippen molar-refractivity contribution in [1.29, 1.82) is 0 Å². The van der Waals surface area contributed by atoms with Crippen LogP contribution in [0.25, 0.3) is 0 Å². The average molecular weight is 426 g/mol. The molecule has 3 nitrogen and oxygen atoms in total. The van der Waals surface area contributed by atoms with E-state index in [1.807, 2.05) is 31.2 Å². The van der Waals surface area contributed by atoms with E-state index < -0.39 is 0 Å². The molecule has 166 valence electrons. The Morgan fingerprint density at radius 3 is 2.50 bits per heavy atom. The van der Waals surface area contributed by atoms with Crippen LogP contribution in [-0.4, -0.2) is 6.04 Å². The fourth-order valence-electron chi connectivity index (χ4n) is 4.13. The molecule has 0 radical (unpaired) electrons. The maximum absolute atomic E-state index is 6.06. The highest BCUT2D eigenvalue weighted by Gasteiger charge is 2.30. The Bertz CT molecular complexity index is 1020. The predicted octanol–water partition coefficient (Wildman–Crippen LogP) is 6.35. The van der Waals surface area contributed by atoms with Crippen LogP contribution < -0.4 is 16.4 Å². The molecule has 2 aromatic rings. The summed E-state index contributed by atoms with van der Waals surface area (Å²) in [6.07, 6.45) is 11.6. The fraction of sp³-hybridized carbons (Fsp3) is 0.241. The number of aryl methyl sites for hydroxylation is 1. The van der Waals surface area contributed by atoms with Gasteiger partial charge in [0.25, 0.3) is 0 Å². The Hall–Kier alpha value is -3.46. The number of allylic oxidation sites excluding steroid dienone is 5. The topological polar surface area (TPSA) is 50.1 Å². The SMILES string of the molecule is C=C(/C=C\C=C/C)/C(=C\N)C1CC(C(=C)NCc2ccc(CC)cc2)c2ccccc2N1. The number of benzene rings is 2. The third kappa shape index (κ3) is 5.61. The summed E-state index contributed by atoms with van der Waals surface area (Å²) in [5, 5.41) is 7.24. The highest BCUT2D eigenvalue weighted by atomic mass is 15.0. The Balaban J connectivity index is 1.78. The molecule has 0 saturated carbocycles. The van der Waals surface area contributed by atoms with E-state index in [1.165, 1.54) is 16.7 Å². The summed E-state index contributed by atoms with van der Waals surface area (Å²) in [5.74, 6) is 0.176. The summed E-state index contributed by atoms with van der Waals surface area (Å²) in [5.41, 5.74) is 14.0. The normalized spacial score (nSPS) is 18.4. The molecule has 0 aromatic heterocycles. The van der Waals surface area contributed by atoms with E-state index in [0.717, 1.165) is 41.9 Å². The van der Waals surface area contributed by atoms with Crippen LogP contribution in [0.5, 0.6) is 0 Å². The van der Waals surface area contributed by atoms with Crippen LogP contribution in [-0.2, 0) is 13.0 Å². The van der Waals surface area contributed by atoms with Gasteiger partial charge in [-0.25, -0.2) is 0 Å². The van der Waals surface area contributed by atoms with Gasteiger partial charge in [0.1, 0.15) is 0 Å². The predicted molar refractivity (Wildman–Crippen MR) is 138 cm³/mol. The minimum absolute atomic E-state index is 0.0602. The second-order valence-corrected chi connectivity index (χ2v) is 8.15. The van der Waals surface area contributed by atoms with Crippen molar-refractivity contribution in [2.24, 2.45) is 5.73 Å². The van der Waals surface area contributed by atoms with Crippen LogP contribution in [0.4, 0.5) is 5.69 Å². The molecule has 0 aliphatic carbocycles. The summed E-state index contributed by atoms with van der Waals surface area (Å²) in [6.45, 7) is 13.6. The Morgan fingerprint density at radius 2 is 1.81 bits per heavy atom. The van der Waals surface area contributed by atoms with Gasteiger partial charge in [-0.15, -0.1) is 0 Å². The summed E-state index contributed by atoms with van der Waals surface area (Å²) in [6, 6.07) is 17.3. The van der Waals surface area contributed by atoms with E-state index in [-0.39, 0.29) is 12.0 Å². The second-order valence-electron chi connectivity index (χ2n) is 8.15. The maximum Gasteiger partial charge on any atom is 0.0543 e. The van der Waals surface area contributed by atoms with Gasteiger partial charge in [-0.2, -0.15) is 0 Å². The Morgan fingerprint density at radius 1 is 1.09 bits per heavy atom. The first-order chi connectivity index (χ1) is 15.6. The van der Waals surface area contributed by atoms with Crippen LogP contribution >= 0.6 is 0 Å². The van der Waals surface area contributed by atoms with E-state index in [1.54, 1.807) is 6.20 Å². The zero-order chi connectivity index (χ0) is 22.9. The molecule has 2 unspecified atom stereocenters. The lowest BCUT2D eigenvalue weighted by molar-refractivity contribution is 0.586. The smallest absolute Gasteiger partial charge is 0.0543 e. The van der Waals surface area contributed by atoms with Crippen molar-refractivity contribution in [3.8, 4) is 0 Å². The molecule has 1 aliphatic heterocycles. The Kier molecular flexibility index (Phi) is 8.15. The minimum atomic E-state index is 0.0602. The van der Waals surface area contributed by atoms with Crippen LogP contribution in [0.3, 0.4) is 0 Å². The van der Waals surface area contributed by atoms with E-state index in [4.69, 9.17) is 5.73 Å². The first-order valence-electron chi connectivity index (χ1n) is 11.3. The van der Waals surface area contributed by atoms with Gasteiger partial charge in [-0.1, -0.05) is 86.9 Å². The van der Waals surface area contributed by atoms with Crippen molar-refractivity contribution in [1.82, 2.24) is 5.32 Å². The lowest BCUT2D eigenvalue weighted by Crippen LogP contribution is -2.33. The van der Waals surface area contributed by atoms with Crippen molar-refractivity contribution in [3.63, 3.8) is 0 Å². The minimum Gasteiger partial charge on any atom is -0.404 e. The number of anilines is 1. The summed E-state index contributed by atoms with van der Waals surface area (Å²) >= 11 is 0. The van der Waals surface area contributed by atoms with E-state index in [9.17, 15) is 0 Å². The lowest BCUT2D eigenvalue weighted by Gasteiger charge is -2.36. The first-order valence-corrected chi connectivity index (χ1v) is 11.3. The van der Waals surface area contributed by atoms with Gasteiger partial charge >= 0.3 is 0 Å². The molecule has 2 aromatic carbocycles. The fourth-order valence-corrected chi connectivity index (χ4v) is 4.13. The van der Waals surface area contributed by atoms with E-state index in [2.05, 4.69) is 79.2 Å². The molecule has 0 spiro atoms. The van der Waals surface area contributed by atoms with Crippen LogP contribution in [0.1, 0.15) is 42.9 Å². The van der Waals surface area contributed by atoms with Gasteiger partial charge in [0.2, 0.25) is 0 Å². The third-order valence-electron chi connectivity index (χ3n) is 6.04.